The van der Waals surface area contributed by atoms with Crippen molar-refractivity contribution in [3.63, 3.8) is 0 Å². The third-order valence-electron chi connectivity index (χ3n) is 4.45. The molecule has 0 aliphatic carbocycles. The maximum Gasteiger partial charge on any atom is 0.246 e. The second-order valence-electron chi connectivity index (χ2n) is 9.26. The second kappa shape index (κ2) is 8.53. The van der Waals surface area contributed by atoms with Gasteiger partial charge in [-0.3, -0.25) is 0 Å². The Hall–Kier alpha value is -1.54. The smallest absolute Gasteiger partial charge is 0.246 e. The summed E-state index contributed by atoms with van der Waals surface area (Å²) >= 11 is 13.3. The van der Waals surface area contributed by atoms with E-state index in [9.17, 15) is 0 Å². The Morgan fingerprint density at radius 3 is 1.37 bits per heavy atom. The number of aromatic nitrogens is 3. The van der Waals surface area contributed by atoms with Crippen LogP contribution in [0.5, 0.6) is 0 Å². The molecule has 0 saturated heterocycles. The summed E-state index contributed by atoms with van der Waals surface area (Å²) in [6.45, 7) is 12.4. The fraction of sp³-hybridized carbons (Fsp3) is 0.476. The fourth-order valence-corrected chi connectivity index (χ4v) is 3.48. The van der Waals surface area contributed by atoms with E-state index in [-0.39, 0.29) is 27.6 Å². The van der Waals surface area contributed by atoms with E-state index in [0.717, 1.165) is 11.4 Å². The molecule has 0 bridgehead atoms. The average molecular weight is 496 g/mol. The minimum Gasteiger partial charge on any atom is -0.443 e. The number of anilines is 1. The van der Waals surface area contributed by atoms with Crippen LogP contribution >= 0.6 is 23.2 Å². The first-order valence-electron chi connectivity index (χ1n) is 9.29. The van der Waals surface area contributed by atoms with Gasteiger partial charge in [-0.1, -0.05) is 64.7 Å². The number of nitrogens with zero attached hydrogens (tertiary/aromatic N) is 4. The van der Waals surface area contributed by atoms with Gasteiger partial charge in [0.05, 0.1) is 27.1 Å². The molecule has 9 heteroatoms. The summed E-state index contributed by atoms with van der Waals surface area (Å²) in [5, 5.41) is 0.710. The zero-order chi connectivity index (χ0) is 21.7. The minimum atomic E-state index is -0.169. The van der Waals surface area contributed by atoms with Crippen molar-refractivity contribution >= 4 is 28.9 Å². The fourth-order valence-electron chi connectivity index (χ4n) is 2.66. The van der Waals surface area contributed by atoms with Crippen molar-refractivity contribution in [2.75, 3.05) is 19.0 Å². The van der Waals surface area contributed by atoms with Gasteiger partial charge in [-0.25, -0.2) is 15.0 Å². The van der Waals surface area contributed by atoms with Crippen LogP contribution in [-0.2, 0) is 27.6 Å². The van der Waals surface area contributed by atoms with Gasteiger partial charge >= 0.3 is 0 Å². The topological polar surface area (TPSA) is 68.2 Å². The van der Waals surface area contributed by atoms with Crippen LogP contribution in [0.15, 0.2) is 21.4 Å². The molecule has 3 aromatic rings. The SMILES string of the molecule is CN(C)c1c(Cl)c(-c2nc(C(C)(C)C)co2)nc(-c2nc(C(C)(C)C)co2)c1Cl.[Co]. The maximum absolute atomic E-state index is 6.66. The first-order valence-corrected chi connectivity index (χ1v) is 10.1. The molecule has 0 unspecified atom stereocenters. The van der Waals surface area contributed by atoms with Gasteiger partial charge in [-0.2, -0.15) is 0 Å². The van der Waals surface area contributed by atoms with Crippen LogP contribution in [0.2, 0.25) is 10.0 Å². The first-order chi connectivity index (χ1) is 13.3. The van der Waals surface area contributed by atoms with Crippen molar-refractivity contribution in [2.24, 2.45) is 0 Å². The van der Waals surface area contributed by atoms with Crippen molar-refractivity contribution in [3.05, 3.63) is 34.0 Å². The molecule has 0 spiro atoms. The van der Waals surface area contributed by atoms with E-state index in [1.807, 2.05) is 19.0 Å². The predicted molar refractivity (Wildman–Crippen MR) is 117 cm³/mol. The summed E-state index contributed by atoms with van der Waals surface area (Å²) in [4.78, 5) is 15.7. The summed E-state index contributed by atoms with van der Waals surface area (Å²) in [5.74, 6) is 0.645. The predicted octanol–water partition coefficient (Wildman–Crippen LogP) is 6.36. The molecule has 3 rings (SSSR count). The summed E-state index contributed by atoms with van der Waals surface area (Å²) in [7, 11) is 3.71. The zero-order valence-corrected chi connectivity index (χ0v) is 20.9. The van der Waals surface area contributed by atoms with Gasteiger partial charge in [0.15, 0.2) is 0 Å². The number of oxazole rings is 2. The van der Waals surface area contributed by atoms with Crippen LogP contribution in [0, 0.1) is 0 Å². The molecule has 0 aliphatic rings. The summed E-state index contributed by atoms with van der Waals surface area (Å²) in [6.07, 6.45) is 3.25. The van der Waals surface area contributed by atoms with E-state index < -0.39 is 0 Å². The Morgan fingerprint density at radius 2 is 1.10 bits per heavy atom. The molecule has 0 aliphatic heterocycles. The molecule has 1 radical (unpaired) electrons. The molecule has 0 fully saturated rings. The first kappa shape index (κ1) is 24.7. The van der Waals surface area contributed by atoms with Crippen LogP contribution in [0.4, 0.5) is 5.69 Å². The number of hydrogen-bond donors (Lipinski definition) is 0. The molecular weight excluding hydrogens is 470 g/mol. The van der Waals surface area contributed by atoms with Crippen molar-refractivity contribution in [3.8, 4) is 23.2 Å². The third kappa shape index (κ3) is 4.69. The van der Waals surface area contributed by atoms with Crippen LogP contribution < -0.4 is 4.90 Å². The molecule has 3 heterocycles. The molecule has 0 atom stereocenters. The monoisotopic (exact) mass is 495 g/mol. The van der Waals surface area contributed by atoms with Crippen LogP contribution in [0.3, 0.4) is 0 Å². The third-order valence-corrected chi connectivity index (χ3v) is 5.17. The zero-order valence-electron chi connectivity index (χ0n) is 18.3. The molecule has 30 heavy (non-hydrogen) atoms. The summed E-state index contributed by atoms with van der Waals surface area (Å²) in [5.41, 5.74) is 2.65. The number of rotatable bonds is 3. The maximum atomic E-state index is 6.66. The van der Waals surface area contributed by atoms with Gasteiger partial charge in [0, 0.05) is 41.7 Å². The minimum absolute atomic E-state index is 0. The molecule has 165 valence electrons. The largest absolute Gasteiger partial charge is 0.443 e. The summed E-state index contributed by atoms with van der Waals surface area (Å²) in [6, 6.07) is 0. The second-order valence-corrected chi connectivity index (χ2v) is 10.0. The Morgan fingerprint density at radius 1 is 0.733 bits per heavy atom. The Balaban J connectivity index is 0.00000320. The van der Waals surface area contributed by atoms with E-state index in [1.54, 1.807) is 12.5 Å². The van der Waals surface area contributed by atoms with Gasteiger partial charge < -0.3 is 13.7 Å². The molecule has 0 amide bonds. The van der Waals surface area contributed by atoms with E-state index >= 15 is 0 Å². The average Bonchev–Trinajstić information content (AvgIpc) is 3.23. The number of hydrogen-bond acceptors (Lipinski definition) is 6. The van der Waals surface area contributed by atoms with E-state index in [4.69, 9.17) is 32.0 Å². The van der Waals surface area contributed by atoms with Crippen molar-refractivity contribution < 1.29 is 25.6 Å². The Labute approximate surface area is 197 Å². The van der Waals surface area contributed by atoms with Crippen LogP contribution in [0.25, 0.3) is 23.2 Å². The van der Waals surface area contributed by atoms with E-state index in [0.29, 0.717) is 38.9 Å². The Bertz CT molecular complexity index is 970. The molecule has 0 N–H and O–H groups in total. The van der Waals surface area contributed by atoms with E-state index in [1.165, 1.54) is 0 Å². The number of halogens is 2. The van der Waals surface area contributed by atoms with E-state index in [2.05, 4.69) is 56.5 Å². The van der Waals surface area contributed by atoms with Gasteiger partial charge in [0.25, 0.3) is 0 Å². The standard InChI is InChI=1S/C21H26Cl2N4O2.Co/c1-20(2,3)11-9-28-18(24-11)15-13(22)17(27(7)8)14(23)16(26-15)19-25-12(10-29-19)21(4,5)6;/h9-10H,1-8H3;. The quantitative estimate of drug-likeness (QED) is 0.421. The van der Waals surface area contributed by atoms with Gasteiger partial charge in [-0.15, -0.1) is 0 Å². The van der Waals surface area contributed by atoms with Crippen molar-refractivity contribution in [2.45, 2.75) is 52.4 Å². The van der Waals surface area contributed by atoms with Crippen LogP contribution in [0.1, 0.15) is 52.9 Å². The summed E-state index contributed by atoms with van der Waals surface area (Å²) < 4.78 is 11.4. The number of pyridine rings is 1. The van der Waals surface area contributed by atoms with Gasteiger partial charge in [0.1, 0.15) is 23.9 Å². The normalized spacial score (nSPS) is 12.1. The molecular formula is C21H26Cl2CoN4O2. The van der Waals surface area contributed by atoms with Crippen molar-refractivity contribution in [1.82, 2.24) is 15.0 Å². The van der Waals surface area contributed by atoms with Crippen LogP contribution in [-0.4, -0.2) is 29.0 Å². The molecule has 6 nitrogen and oxygen atoms in total. The molecule has 0 aromatic carbocycles. The Kier molecular flexibility index (Phi) is 7.03. The van der Waals surface area contributed by atoms with Gasteiger partial charge in [-0.05, 0) is 0 Å². The van der Waals surface area contributed by atoms with Crippen molar-refractivity contribution in [1.29, 1.82) is 0 Å². The van der Waals surface area contributed by atoms with Gasteiger partial charge in [0.2, 0.25) is 11.8 Å². The molecule has 3 aromatic heterocycles. The molecule has 0 saturated carbocycles.